The SMILES string of the molecule is CCOC(=O)c1cnc(-c2cc(Br)ccc2OC)nc1N(C)C. The van der Waals surface area contributed by atoms with Crippen molar-refractivity contribution in [2.45, 2.75) is 6.92 Å². The van der Waals surface area contributed by atoms with Gasteiger partial charge in [-0.2, -0.15) is 0 Å². The maximum absolute atomic E-state index is 12.0. The lowest BCUT2D eigenvalue weighted by Crippen LogP contribution is -2.18. The molecule has 1 aromatic carbocycles. The molecule has 0 spiro atoms. The van der Waals surface area contributed by atoms with Crippen LogP contribution in [0.5, 0.6) is 5.75 Å². The third kappa shape index (κ3) is 3.79. The number of hydrogen-bond acceptors (Lipinski definition) is 6. The quantitative estimate of drug-likeness (QED) is 0.743. The molecule has 1 aromatic heterocycles. The predicted molar refractivity (Wildman–Crippen MR) is 92.0 cm³/mol. The van der Waals surface area contributed by atoms with Crippen molar-refractivity contribution < 1.29 is 14.3 Å². The summed E-state index contributed by atoms with van der Waals surface area (Å²) >= 11 is 3.43. The van der Waals surface area contributed by atoms with E-state index in [1.54, 1.807) is 18.9 Å². The van der Waals surface area contributed by atoms with Crippen molar-refractivity contribution in [2.24, 2.45) is 0 Å². The van der Waals surface area contributed by atoms with Crippen molar-refractivity contribution >= 4 is 27.7 Å². The van der Waals surface area contributed by atoms with Gasteiger partial charge in [-0.1, -0.05) is 15.9 Å². The first-order valence-corrected chi connectivity index (χ1v) is 7.82. The largest absolute Gasteiger partial charge is 0.496 e. The van der Waals surface area contributed by atoms with Crippen molar-refractivity contribution in [3.8, 4) is 17.1 Å². The molecule has 0 amide bonds. The molecule has 0 aliphatic carbocycles. The lowest BCUT2D eigenvalue weighted by molar-refractivity contribution is 0.0526. The molecule has 2 rings (SSSR count). The highest BCUT2D eigenvalue weighted by Crippen LogP contribution is 2.31. The minimum Gasteiger partial charge on any atom is -0.496 e. The Balaban J connectivity index is 2.56. The predicted octanol–water partition coefficient (Wildman–Crippen LogP) is 3.16. The summed E-state index contributed by atoms with van der Waals surface area (Å²) in [7, 11) is 5.21. The Morgan fingerprint density at radius 3 is 2.70 bits per heavy atom. The number of ether oxygens (including phenoxy) is 2. The average Bonchev–Trinajstić information content (AvgIpc) is 2.54. The van der Waals surface area contributed by atoms with Crippen molar-refractivity contribution in [2.75, 3.05) is 32.7 Å². The van der Waals surface area contributed by atoms with Gasteiger partial charge < -0.3 is 14.4 Å². The number of rotatable bonds is 5. The zero-order valence-electron chi connectivity index (χ0n) is 13.5. The number of hydrogen-bond donors (Lipinski definition) is 0. The minimum atomic E-state index is -0.441. The van der Waals surface area contributed by atoms with E-state index >= 15 is 0 Å². The van der Waals surface area contributed by atoms with E-state index < -0.39 is 5.97 Å². The summed E-state index contributed by atoms with van der Waals surface area (Å²) in [6, 6.07) is 5.58. The smallest absolute Gasteiger partial charge is 0.343 e. The van der Waals surface area contributed by atoms with E-state index in [2.05, 4.69) is 25.9 Å². The first-order valence-electron chi connectivity index (χ1n) is 7.03. The Morgan fingerprint density at radius 1 is 1.35 bits per heavy atom. The summed E-state index contributed by atoms with van der Waals surface area (Å²) in [5, 5.41) is 0. The van der Waals surface area contributed by atoms with E-state index in [0.29, 0.717) is 29.6 Å². The maximum atomic E-state index is 12.0. The van der Waals surface area contributed by atoms with E-state index in [4.69, 9.17) is 9.47 Å². The summed E-state index contributed by atoms with van der Waals surface area (Å²) < 4.78 is 11.3. The van der Waals surface area contributed by atoms with Crippen LogP contribution in [0.2, 0.25) is 0 Å². The van der Waals surface area contributed by atoms with Gasteiger partial charge in [-0.25, -0.2) is 14.8 Å². The zero-order valence-corrected chi connectivity index (χ0v) is 15.0. The molecule has 0 bridgehead atoms. The van der Waals surface area contributed by atoms with Gasteiger partial charge in [0.1, 0.15) is 17.1 Å². The molecule has 6 nitrogen and oxygen atoms in total. The minimum absolute atomic E-state index is 0.299. The third-order valence-corrected chi connectivity index (χ3v) is 3.58. The molecule has 1 heterocycles. The van der Waals surface area contributed by atoms with Crippen LogP contribution in [0.25, 0.3) is 11.4 Å². The lowest BCUT2D eigenvalue weighted by Gasteiger charge is -2.16. The van der Waals surface area contributed by atoms with Crippen molar-refractivity contribution in [1.82, 2.24) is 9.97 Å². The molecule has 0 unspecified atom stereocenters. The lowest BCUT2D eigenvalue weighted by atomic mass is 10.1. The Hall–Kier alpha value is -2.15. The number of esters is 1. The van der Waals surface area contributed by atoms with Gasteiger partial charge in [-0.3, -0.25) is 0 Å². The number of halogens is 1. The van der Waals surface area contributed by atoms with Crippen LogP contribution in [0.3, 0.4) is 0 Å². The van der Waals surface area contributed by atoms with Gasteiger partial charge in [-0.15, -0.1) is 0 Å². The molecule has 122 valence electrons. The Morgan fingerprint density at radius 2 is 2.09 bits per heavy atom. The van der Waals surface area contributed by atoms with E-state index in [1.807, 2.05) is 32.3 Å². The van der Waals surface area contributed by atoms with Gasteiger partial charge in [0.25, 0.3) is 0 Å². The molecule has 7 heteroatoms. The summed E-state index contributed by atoms with van der Waals surface area (Å²) in [6.45, 7) is 2.06. The van der Waals surface area contributed by atoms with Crippen LogP contribution >= 0.6 is 15.9 Å². The number of aromatic nitrogens is 2. The molecule has 0 saturated carbocycles. The number of anilines is 1. The second-order valence-electron chi connectivity index (χ2n) is 4.89. The average molecular weight is 380 g/mol. The van der Waals surface area contributed by atoms with Gasteiger partial charge >= 0.3 is 5.97 Å². The van der Waals surface area contributed by atoms with Gasteiger partial charge in [0.15, 0.2) is 5.82 Å². The maximum Gasteiger partial charge on any atom is 0.343 e. The van der Waals surface area contributed by atoms with Crippen molar-refractivity contribution in [1.29, 1.82) is 0 Å². The van der Waals surface area contributed by atoms with Crippen LogP contribution in [0.4, 0.5) is 5.82 Å². The number of nitrogens with zero attached hydrogens (tertiary/aromatic N) is 3. The first-order chi connectivity index (χ1) is 11.0. The molecule has 23 heavy (non-hydrogen) atoms. The van der Waals surface area contributed by atoms with Gasteiger partial charge in [-0.05, 0) is 25.1 Å². The monoisotopic (exact) mass is 379 g/mol. The highest BCUT2D eigenvalue weighted by Gasteiger charge is 2.19. The van der Waals surface area contributed by atoms with Gasteiger partial charge in [0.2, 0.25) is 0 Å². The Kier molecular flexibility index (Phi) is 5.54. The van der Waals surface area contributed by atoms with Crippen molar-refractivity contribution in [3.05, 3.63) is 34.4 Å². The van der Waals surface area contributed by atoms with Crippen LogP contribution in [0, 0.1) is 0 Å². The van der Waals surface area contributed by atoms with Crippen LogP contribution in [0.15, 0.2) is 28.9 Å². The highest BCUT2D eigenvalue weighted by molar-refractivity contribution is 9.10. The number of carbonyl (C=O) groups excluding carboxylic acids is 1. The Labute approximate surface area is 143 Å². The molecule has 0 fully saturated rings. The molecule has 2 aromatic rings. The molecular weight excluding hydrogens is 362 g/mol. The van der Waals surface area contributed by atoms with E-state index in [1.165, 1.54) is 6.20 Å². The summed E-state index contributed by atoms with van der Waals surface area (Å²) in [4.78, 5) is 22.6. The third-order valence-electron chi connectivity index (χ3n) is 3.09. The molecule has 0 N–H and O–H groups in total. The molecule has 0 aliphatic heterocycles. The number of benzene rings is 1. The van der Waals surface area contributed by atoms with Crippen LogP contribution in [-0.2, 0) is 4.74 Å². The standard InChI is InChI=1S/C16H18BrN3O3/c1-5-23-16(21)12-9-18-14(19-15(12)20(2)3)11-8-10(17)6-7-13(11)22-4/h6-9H,5H2,1-4H3. The van der Waals surface area contributed by atoms with E-state index in [0.717, 1.165) is 10.0 Å². The first kappa shape index (κ1) is 17.2. The van der Waals surface area contributed by atoms with Crippen LogP contribution in [-0.4, -0.2) is 43.7 Å². The highest BCUT2D eigenvalue weighted by atomic mass is 79.9. The summed E-state index contributed by atoms with van der Waals surface area (Å²) in [6.07, 6.45) is 1.48. The second-order valence-corrected chi connectivity index (χ2v) is 5.81. The van der Waals surface area contributed by atoms with E-state index in [-0.39, 0.29) is 0 Å². The fraction of sp³-hybridized carbons (Fsp3) is 0.312. The second kappa shape index (κ2) is 7.41. The molecule has 0 atom stereocenters. The van der Waals surface area contributed by atoms with Gasteiger partial charge in [0, 0.05) is 24.8 Å². The van der Waals surface area contributed by atoms with E-state index in [9.17, 15) is 4.79 Å². The fourth-order valence-electron chi connectivity index (χ4n) is 2.05. The number of methoxy groups -OCH3 is 1. The van der Waals surface area contributed by atoms with Crippen LogP contribution < -0.4 is 9.64 Å². The molecule has 0 aliphatic rings. The Bertz CT molecular complexity index is 720. The van der Waals surface area contributed by atoms with Crippen LogP contribution in [0.1, 0.15) is 17.3 Å². The van der Waals surface area contributed by atoms with Gasteiger partial charge in [0.05, 0.1) is 19.3 Å². The topological polar surface area (TPSA) is 64.5 Å². The van der Waals surface area contributed by atoms with Crippen molar-refractivity contribution in [3.63, 3.8) is 0 Å². The molecule has 0 radical (unpaired) electrons. The normalized spacial score (nSPS) is 10.3. The molecular formula is C16H18BrN3O3. The molecule has 0 saturated heterocycles. The fourth-order valence-corrected chi connectivity index (χ4v) is 2.41. The summed E-state index contributed by atoms with van der Waals surface area (Å²) in [5.41, 5.74) is 1.06. The summed E-state index contributed by atoms with van der Waals surface area (Å²) in [5.74, 6) is 1.18. The zero-order chi connectivity index (χ0) is 17.0. The number of carbonyl (C=O) groups is 1.